The second-order valence-electron chi connectivity index (χ2n) is 8.55. The predicted octanol–water partition coefficient (Wildman–Crippen LogP) is 6.59. The van der Waals surface area contributed by atoms with E-state index in [1.54, 1.807) is 17.0 Å². The molecule has 0 bridgehead atoms. The van der Waals surface area contributed by atoms with Gasteiger partial charge in [0, 0.05) is 42.8 Å². The second kappa shape index (κ2) is 10.3. The maximum Gasteiger partial charge on any atom is 0.223 e. The summed E-state index contributed by atoms with van der Waals surface area (Å²) in [6.07, 6.45) is 2.28. The number of ketones is 1. The highest BCUT2D eigenvalue weighted by molar-refractivity contribution is 6.30. The lowest BCUT2D eigenvalue weighted by molar-refractivity contribution is -0.128. The molecule has 1 unspecified atom stereocenters. The minimum absolute atomic E-state index is 0.0447. The average molecular weight is 484 g/mol. The van der Waals surface area contributed by atoms with Crippen molar-refractivity contribution in [1.29, 1.82) is 0 Å². The molecule has 0 aliphatic carbocycles. The quantitative estimate of drug-likeness (QED) is 0.268. The van der Waals surface area contributed by atoms with Gasteiger partial charge in [0.15, 0.2) is 5.78 Å². The van der Waals surface area contributed by atoms with Gasteiger partial charge in [-0.25, -0.2) is 8.78 Å². The summed E-state index contributed by atoms with van der Waals surface area (Å²) >= 11 is 5.56. The number of carbonyl (C=O) groups excluding carboxylic acids is 2. The van der Waals surface area contributed by atoms with Gasteiger partial charge in [0.05, 0.1) is 0 Å². The number of halogens is 3. The molecule has 1 saturated heterocycles. The maximum atomic E-state index is 13.9. The smallest absolute Gasteiger partial charge is 0.223 e. The number of rotatable bonds is 8. The van der Waals surface area contributed by atoms with Gasteiger partial charge in [0.1, 0.15) is 28.2 Å². The second-order valence-corrected chi connectivity index (χ2v) is 8.93. The van der Waals surface area contributed by atoms with E-state index in [0.29, 0.717) is 24.1 Å². The van der Waals surface area contributed by atoms with Crippen molar-refractivity contribution in [3.05, 3.63) is 94.0 Å². The highest BCUT2D eigenvalue weighted by atomic mass is 35.5. The fourth-order valence-corrected chi connectivity index (χ4v) is 4.25. The van der Waals surface area contributed by atoms with Crippen LogP contribution in [0.3, 0.4) is 0 Å². The fraction of sp³-hybridized carbons (Fsp3) is 0.259. The lowest BCUT2D eigenvalue weighted by Crippen LogP contribution is -2.25. The standard InChI is InChI=1S/C27H24ClF2NO3/c1-17(32)20-9-10-21(25(12-20)34-22-13-23(29)27(28)24(30)14-22)16-31-15-19(11-26(31)33)8-7-18-5-3-2-4-6-18/h2-6,9-10,12-14,19H,7-8,11,15-16H2,1H3. The van der Waals surface area contributed by atoms with Crippen LogP contribution in [0.15, 0.2) is 60.7 Å². The summed E-state index contributed by atoms with van der Waals surface area (Å²) < 4.78 is 33.6. The van der Waals surface area contributed by atoms with E-state index in [4.69, 9.17) is 16.3 Å². The highest BCUT2D eigenvalue weighted by Gasteiger charge is 2.30. The summed E-state index contributed by atoms with van der Waals surface area (Å²) in [5, 5.41) is -0.616. The van der Waals surface area contributed by atoms with Gasteiger partial charge in [0.2, 0.25) is 5.91 Å². The molecule has 4 nitrogen and oxygen atoms in total. The van der Waals surface area contributed by atoms with Crippen molar-refractivity contribution in [2.45, 2.75) is 32.7 Å². The van der Waals surface area contributed by atoms with Gasteiger partial charge in [0.25, 0.3) is 0 Å². The number of Topliss-reactive ketones (excluding diaryl/α,β-unsaturated/α-hetero) is 1. The van der Waals surface area contributed by atoms with E-state index >= 15 is 0 Å². The minimum atomic E-state index is -0.947. The Bertz CT molecular complexity index is 1190. The number of carbonyl (C=O) groups is 2. The summed E-state index contributed by atoms with van der Waals surface area (Å²) in [6.45, 7) is 2.30. The van der Waals surface area contributed by atoms with Gasteiger partial charge in [-0.3, -0.25) is 9.59 Å². The third-order valence-corrected chi connectivity index (χ3v) is 6.36. The Kier molecular flexibility index (Phi) is 7.27. The Hall–Kier alpha value is -3.25. The van der Waals surface area contributed by atoms with Crippen LogP contribution in [-0.4, -0.2) is 23.1 Å². The molecule has 1 aliphatic heterocycles. The molecule has 4 rings (SSSR count). The van der Waals surface area contributed by atoms with E-state index in [0.717, 1.165) is 25.0 Å². The lowest BCUT2D eigenvalue weighted by atomic mass is 9.99. The highest BCUT2D eigenvalue weighted by Crippen LogP contribution is 2.33. The van der Waals surface area contributed by atoms with Crippen LogP contribution in [0.5, 0.6) is 11.5 Å². The van der Waals surface area contributed by atoms with Crippen molar-refractivity contribution < 1.29 is 23.1 Å². The van der Waals surface area contributed by atoms with Crippen LogP contribution in [0.4, 0.5) is 8.78 Å². The molecule has 0 radical (unpaired) electrons. The number of hydrogen-bond acceptors (Lipinski definition) is 3. The molecular weight excluding hydrogens is 460 g/mol. The van der Waals surface area contributed by atoms with Gasteiger partial charge in [-0.1, -0.05) is 54.1 Å². The number of nitrogens with zero attached hydrogens (tertiary/aromatic N) is 1. The van der Waals surface area contributed by atoms with E-state index in [-0.39, 0.29) is 35.7 Å². The largest absolute Gasteiger partial charge is 0.457 e. The molecule has 3 aromatic carbocycles. The molecule has 0 saturated carbocycles. The Balaban J connectivity index is 1.51. The number of ether oxygens (including phenoxy) is 1. The van der Waals surface area contributed by atoms with E-state index < -0.39 is 16.7 Å². The van der Waals surface area contributed by atoms with Crippen molar-refractivity contribution in [2.24, 2.45) is 5.92 Å². The van der Waals surface area contributed by atoms with E-state index in [1.807, 2.05) is 18.2 Å². The zero-order valence-electron chi connectivity index (χ0n) is 18.7. The number of hydrogen-bond donors (Lipinski definition) is 0. The van der Waals surface area contributed by atoms with Crippen molar-refractivity contribution in [3.8, 4) is 11.5 Å². The predicted molar refractivity (Wildman–Crippen MR) is 126 cm³/mol. The van der Waals surface area contributed by atoms with Crippen LogP contribution in [0, 0.1) is 17.6 Å². The Morgan fingerprint density at radius 1 is 1.09 bits per heavy atom. The number of benzene rings is 3. The van der Waals surface area contributed by atoms with Crippen LogP contribution < -0.4 is 4.74 Å². The molecule has 1 fully saturated rings. The normalized spacial score (nSPS) is 15.6. The Morgan fingerprint density at radius 3 is 2.47 bits per heavy atom. The summed E-state index contributed by atoms with van der Waals surface area (Å²) in [5.41, 5.74) is 2.27. The first-order valence-corrected chi connectivity index (χ1v) is 11.5. The first-order chi connectivity index (χ1) is 16.3. The molecule has 34 heavy (non-hydrogen) atoms. The first-order valence-electron chi connectivity index (χ1n) is 11.1. The van der Waals surface area contributed by atoms with Crippen LogP contribution in [0.2, 0.25) is 5.02 Å². The molecule has 1 atom stereocenters. The van der Waals surface area contributed by atoms with Gasteiger partial charge in [-0.2, -0.15) is 0 Å². The topological polar surface area (TPSA) is 46.6 Å². The molecule has 3 aromatic rings. The van der Waals surface area contributed by atoms with Crippen molar-refractivity contribution in [1.82, 2.24) is 4.90 Å². The zero-order chi connectivity index (χ0) is 24.2. The SMILES string of the molecule is CC(=O)c1ccc(CN2CC(CCc3ccccc3)CC2=O)c(Oc2cc(F)c(Cl)c(F)c2)c1. The molecule has 1 aliphatic rings. The third kappa shape index (κ3) is 5.62. The zero-order valence-corrected chi connectivity index (χ0v) is 19.4. The van der Waals surface area contributed by atoms with Crippen molar-refractivity contribution in [2.75, 3.05) is 6.54 Å². The van der Waals surface area contributed by atoms with Crippen molar-refractivity contribution in [3.63, 3.8) is 0 Å². The first kappa shape index (κ1) is 23.9. The van der Waals surface area contributed by atoms with Gasteiger partial charge >= 0.3 is 0 Å². The summed E-state index contributed by atoms with van der Waals surface area (Å²) in [4.78, 5) is 26.3. The third-order valence-electron chi connectivity index (χ3n) is 6.00. The van der Waals surface area contributed by atoms with Crippen LogP contribution in [-0.2, 0) is 17.8 Å². The Morgan fingerprint density at radius 2 is 1.79 bits per heavy atom. The van der Waals surface area contributed by atoms with Crippen LogP contribution >= 0.6 is 11.6 Å². The number of amides is 1. The summed E-state index contributed by atoms with van der Waals surface area (Å²) in [6, 6.07) is 17.0. The fourth-order valence-electron chi connectivity index (χ4n) is 4.14. The molecule has 0 N–H and O–H groups in total. The summed E-state index contributed by atoms with van der Waals surface area (Å²) in [7, 11) is 0. The molecule has 0 aromatic heterocycles. The molecular formula is C27H24ClF2NO3. The van der Waals surface area contributed by atoms with Crippen LogP contribution in [0.25, 0.3) is 0 Å². The maximum absolute atomic E-state index is 13.9. The molecule has 1 heterocycles. The van der Waals surface area contributed by atoms with Gasteiger partial charge < -0.3 is 9.64 Å². The van der Waals surface area contributed by atoms with E-state index in [2.05, 4.69) is 12.1 Å². The molecule has 176 valence electrons. The molecule has 7 heteroatoms. The monoisotopic (exact) mass is 483 g/mol. The van der Waals surface area contributed by atoms with Crippen molar-refractivity contribution >= 4 is 23.3 Å². The lowest BCUT2D eigenvalue weighted by Gasteiger charge is -2.20. The Labute approximate surface area is 202 Å². The number of aryl methyl sites for hydroxylation is 1. The number of likely N-dealkylation sites (tertiary alicyclic amines) is 1. The van der Waals surface area contributed by atoms with E-state index in [1.165, 1.54) is 18.6 Å². The van der Waals surface area contributed by atoms with Gasteiger partial charge in [-0.15, -0.1) is 0 Å². The molecule has 0 spiro atoms. The molecule has 1 amide bonds. The average Bonchev–Trinajstić information content (AvgIpc) is 3.16. The van der Waals surface area contributed by atoms with Gasteiger partial charge in [-0.05, 0) is 37.3 Å². The van der Waals surface area contributed by atoms with E-state index in [9.17, 15) is 18.4 Å². The minimum Gasteiger partial charge on any atom is -0.457 e. The van der Waals surface area contributed by atoms with Crippen LogP contribution in [0.1, 0.15) is 41.3 Å². The summed E-state index contributed by atoms with van der Waals surface area (Å²) in [5.74, 6) is -1.61.